The van der Waals surface area contributed by atoms with Crippen LogP contribution in [0, 0.1) is 17.3 Å². The minimum Gasteiger partial charge on any atom is -0.481 e. The molecule has 5 heteroatoms. The van der Waals surface area contributed by atoms with Gasteiger partial charge in [-0.2, -0.15) is 0 Å². The normalized spacial score (nSPS) is 40.2. The van der Waals surface area contributed by atoms with Crippen LogP contribution in [0.3, 0.4) is 0 Å². The molecule has 1 aliphatic carbocycles. The number of carboxylic acid groups (broad SMARTS) is 2. The summed E-state index contributed by atoms with van der Waals surface area (Å²) in [6.07, 6.45) is -0.399. The minimum atomic E-state index is -1.01. The molecule has 2 aliphatic rings. The highest BCUT2D eigenvalue weighted by molar-refractivity contribution is 5.79. The number of nitrogens with zero attached hydrogens (tertiary/aromatic N) is 1. The fourth-order valence-electron chi connectivity index (χ4n) is 2.89. The summed E-state index contributed by atoms with van der Waals surface area (Å²) in [5.74, 6) is -0.504. The summed E-state index contributed by atoms with van der Waals surface area (Å²) < 4.78 is 0. The van der Waals surface area contributed by atoms with E-state index in [9.17, 15) is 9.59 Å². The summed E-state index contributed by atoms with van der Waals surface area (Å²) in [4.78, 5) is 23.0. The van der Waals surface area contributed by atoms with Gasteiger partial charge in [0.25, 0.3) is 0 Å². The van der Waals surface area contributed by atoms with E-state index in [1.54, 1.807) is 0 Å². The van der Waals surface area contributed by atoms with Crippen molar-refractivity contribution < 1.29 is 19.8 Å². The Kier molecular flexibility index (Phi) is 1.74. The highest BCUT2D eigenvalue weighted by Gasteiger charge is 2.62. The molecule has 0 bridgehead atoms. The van der Waals surface area contributed by atoms with Crippen molar-refractivity contribution in [3.05, 3.63) is 0 Å². The number of aliphatic carboxylic acids is 1. The first-order chi connectivity index (χ1) is 6.47. The van der Waals surface area contributed by atoms with Gasteiger partial charge < -0.3 is 15.1 Å². The van der Waals surface area contributed by atoms with Gasteiger partial charge in [-0.05, 0) is 18.3 Å². The maximum atomic E-state index is 11.1. The van der Waals surface area contributed by atoms with E-state index in [2.05, 4.69) is 0 Å². The molecule has 78 valence electrons. The number of carboxylic acids is 1. The molecule has 3 atom stereocenters. The Labute approximate surface area is 81.3 Å². The molecule has 14 heavy (non-hydrogen) atoms. The maximum absolute atomic E-state index is 11.1. The summed E-state index contributed by atoms with van der Waals surface area (Å²) in [6.45, 7) is 2.52. The third-order valence-corrected chi connectivity index (χ3v) is 3.67. The zero-order valence-corrected chi connectivity index (χ0v) is 7.93. The molecule has 2 rings (SSSR count). The second-order valence-corrected chi connectivity index (χ2v) is 4.41. The van der Waals surface area contributed by atoms with Crippen LogP contribution < -0.4 is 0 Å². The lowest BCUT2D eigenvalue weighted by atomic mass is 9.56. The van der Waals surface area contributed by atoms with Crippen molar-refractivity contribution in [3.8, 4) is 0 Å². The molecule has 0 aromatic carbocycles. The summed E-state index contributed by atoms with van der Waals surface area (Å²) >= 11 is 0. The molecule has 2 N–H and O–H groups in total. The van der Waals surface area contributed by atoms with Gasteiger partial charge in [0.1, 0.15) is 0 Å². The van der Waals surface area contributed by atoms with Crippen molar-refractivity contribution in [2.24, 2.45) is 17.3 Å². The maximum Gasteiger partial charge on any atom is 0.407 e. The Bertz CT molecular complexity index is 303. The zero-order valence-electron chi connectivity index (χ0n) is 7.93. The average Bonchev–Trinajstić information content (AvgIpc) is 2.39. The molecule has 5 nitrogen and oxygen atoms in total. The highest BCUT2D eigenvalue weighted by atomic mass is 16.4. The van der Waals surface area contributed by atoms with Gasteiger partial charge in [-0.25, -0.2) is 4.79 Å². The fraction of sp³-hybridized carbons (Fsp3) is 0.778. The van der Waals surface area contributed by atoms with Crippen LogP contribution in [0.5, 0.6) is 0 Å². The lowest BCUT2D eigenvalue weighted by molar-refractivity contribution is -0.161. The number of fused-ring (bicyclic) bond motifs is 1. The Hall–Kier alpha value is -1.26. The SMILES string of the molecule is CC1C[C@]2(C(=O)O)CN(C(=O)O)CC12. The van der Waals surface area contributed by atoms with Gasteiger partial charge in [-0.15, -0.1) is 0 Å². The smallest absolute Gasteiger partial charge is 0.407 e. The largest absolute Gasteiger partial charge is 0.481 e. The molecule has 2 fully saturated rings. The summed E-state index contributed by atoms with van der Waals surface area (Å²) in [5.41, 5.74) is -0.780. The van der Waals surface area contributed by atoms with Gasteiger partial charge in [0.2, 0.25) is 0 Å². The van der Waals surface area contributed by atoms with Crippen molar-refractivity contribution >= 4 is 12.1 Å². The van der Waals surface area contributed by atoms with E-state index in [0.717, 1.165) is 0 Å². The Morgan fingerprint density at radius 1 is 1.43 bits per heavy atom. The predicted molar refractivity (Wildman–Crippen MR) is 46.9 cm³/mol. The first kappa shape index (κ1) is 9.30. The summed E-state index contributed by atoms with van der Waals surface area (Å²) in [7, 11) is 0. The lowest BCUT2D eigenvalue weighted by Gasteiger charge is -2.45. The first-order valence-electron chi connectivity index (χ1n) is 4.68. The third-order valence-electron chi connectivity index (χ3n) is 3.67. The van der Waals surface area contributed by atoms with Gasteiger partial charge >= 0.3 is 12.1 Å². The van der Waals surface area contributed by atoms with Gasteiger partial charge in [-0.3, -0.25) is 4.79 Å². The van der Waals surface area contributed by atoms with Crippen LogP contribution in [0.15, 0.2) is 0 Å². The highest BCUT2D eigenvalue weighted by Crippen LogP contribution is 2.55. The van der Waals surface area contributed by atoms with Crippen LogP contribution >= 0.6 is 0 Å². The van der Waals surface area contributed by atoms with E-state index in [4.69, 9.17) is 10.2 Å². The van der Waals surface area contributed by atoms with E-state index >= 15 is 0 Å². The van der Waals surface area contributed by atoms with E-state index in [1.165, 1.54) is 4.90 Å². The molecule has 1 heterocycles. The number of carbonyl (C=O) groups is 2. The Balaban J connectivity index is 2.21. The number of hydrogen-bond acceptors (Lipinski definition) is 2. The fourth-order valence-corrected chi connectivity index (χ4v) is 2.89. The number of hydrogen-bond donors (Lipinski definition) is 2. The van der Waals surface area contributed by atoms with Crippen LogP contribution in [-0.2, 0) is 4.79 Å². The Morgan fingerprint density at radius 3 is 2.43 bits per heavy atom. The van der Waals surface area contributed by atoms with Crippen molar-refractivity contribution in [3.63, 3.8) is 0 Å². The van der Waals surface area contributed by atoms with Crippen LogP contribution in [0.25, 0.3) is 0 Å². The van der Waals surface area contributed by atoms with Crippen molar-refractivity contribution in [1.82, 2.24) is 4.90 Å². The second-order valence-electron chi connectivity index (χ2n) is 4.41. The monoisotopic (exact) mass is 199 g/mol. The van der Waals surface area contributed by atoms with Crippen LogP contribution in [-0.4, -0.2) is 40.3 Å². The zero-order chi connectivity index (χ0) is 10.5. The molecule has 0 aromatic rings. The quantitative estimate of drug-likeness (QED) is 0.651. The van der Waals surface area contributed by atoms with Gasteiger partial charge in [-0.1, -0.05) is 6.92 Å². The molecule has 1 amide bonds. The van der Waals surface area contributed by atoms with Gasteiger partial charge in [0, 0.05) is 13.1 Å². The molecule has 1 saturated heterocycles. The van der Waals surface area contributed by atoms with Crippen molar-refractivity contribution in [1.29, 1.82) is 0 Å². The van der Waals surface area contributed by atoms with Crippen LogP contribution in [0.2, 0.25) is 0 Å². The molecule has 1 aliphatic heterocycles. The molecular formula is C9H13NO4. The standard InChI is InChI=1S/C9H13NO4/c1-5-2-9(7(11)12)4-10(8(13)14)3-6(5)9/h5-6H,2-4H2,1H3,(H,11,12)(H,13,14)/t5?,6?,9-/m0/s1. The molecule has 1 saturated carbocycles. The van der Waals surface area contributed by atoms with Crippen LogP contribution in [0.1, 0.15) is 13.3 Å². The lowest BCUT2D eigenvalue weighted by Crippen LogP contribution is -2.51. The number of likely N-dealkylation sites (tertiary alicyclic amines) is 1. The van der Waals surface area contributed by atoms with Crippen molar-refractivity contribution in [2.75, 3.05) is 13.1 Å². The predicted octanol–water partition coefficient (Wildman–Crippen LogP) is 0.707. The summed E-state index contributed by atoms with van der Waals surface area (Å²) in [5, 5.41) is 17.9. The summed E-state index contributed by atoms with van der Waals surface area (Å²) in [6, 6.07) is 0. The molecule has 2 unspecified atom stereocenters. The third kappa shape index (κ3) is 0.951. The average molecular weight is 199 g/mol. The van der Waals surface area contributed by atoms with Gasteiger partial charge in [0.05, 0.1) is 5.41 Å². The van der Waals surface area contributed by atoms with Gasteiger partial charge in [0.15, 0.2) is 0 Å². The van der Waals surface area contributed by atoms with E-state index in [0.29, 0.717) is 18.9 Å². The van der Waals surface area contributed by atoms with E-state index in [1.807, 2.05) is 6.92 Å². The number of rotatable bonds is 1. The topological polar surface area (TPSA) is 77.8 Å². The Morgan fingerprint density at radius 2 is 2.07 bits per heavy atom. The van der Waals surface area contributed by atoms with Crippen LogP contribution in [0.4, 0.5) is 4.79 Å². The first-order valence-corrected chi connectivity index (χ1v) is 4.68. The molecular weight excluding hydrogens is 186 g/mol. The molecule has 0 spiro atoms. The molecule has 0 aromatic heterocycles. The van der Waals surface area contributed by atoms with Crippen molar-refractivity contribution in [2.45, 2.75) is 13.3 Å². The van der Waals surface area contributed by atoms with E-state index in [-0.39, 0.29) is 12.5 Å². The number of amides is 1. The minimum absolute atomic E-state index is 0.0103. The second kappa shape index (κ2) is 2.62. The molecule has 0 radical (unpaired) electrons. The van der Waals surface area contributed by atoms with E-state index < -0.39 is 17.5 Å².